The maximum absolute atomic E-state index is 14.3. The van der Waals surface area contributed by atoms with Crippen molar-refractivity contribution < 1.29 is 41.9 Å². The molecule has 1 aromatic carbocycles. The zero-order valence-corrected chi connectivity index (χ0v) is 30.9. The normalized spacial score (nSPS) is 29.1. The molecule has 0 unspecified atom stereocenters. The van der Waals surface area contributed by atoms with Gasteiger partial charge in [0.25, 0.3) is 5.91 Å². The molecule has 52 heavy (non-hydrogen) atoms. The van der Waals surface area contributed by atoms with Crippen LogP contribution in [0.15, 0.2) is 36.4 Å². The van der Waals surface area contributed by atoms with Crippen LogP contribution >= 0.6 is 0 Å². The lowest BCUT2D eigenvalue weighted by molar-refractivity contribution is -0.141. The predicted molar refractivity (Wildman–Crippen MR) is 188 cm³/mol. The van der Waals surface area contributed by atoms with Crippen molar-refractivity contribution in [3.63, 3.8) is 0 Å². The first-order valence-electron chi connectivity index (χ1n) is 18.3. The molecule has 1 aliphatic carbocycles. The monoisotopic (exact) mass is 742 g/mol. The Morgan fingerprint density at radius 1 is 0.981 bits per heavy atom. The van der Waals surface area contributed by atoms with Crippen LogP contribution < -0.4 is 15.4 Å². The summed E-state index contributed by atoms with van der Waals surface area (Å²) >= 11 is 0. The van der Waals surface area contributed by atoms with E-state index in [-0.39, 0.29) is 25.8 Å². The highest BCUT2D eigenvalue weighted by Gasteiger charge is 2.62. The Bertz CT molecular complexity index is 1680. The molecule has 2 saturated heterocycles. The van der Waals surface area contributed by atoms with E-state index in [4.69, 9.17) is 9.47 Å². The topological polar surface area (TPSA) is 184 Å². The first-order chi connectivity index (χ1) is 24.6. The summed E-state index contributed by atoms with van der Waals surface area (Å²) in [5, 5.41) is 5.53. The van der Waals surface area contributed by atoms with Gasteiger partial charge in [-0.25, -0.2) is 14.3 Å². The van der Waals surface area contributed by atoms with Gasteiger partial charge in [-0.3, -0.25) is 19.3 Å². The third-order valence-corrected chi connectivity index (χ3v) is 11.8. The number of ether oxygens (including phenoxy) is 2. The number of rotatable bonds is 5. The molecule has 6 rings (SSSR count). The van der Waals surface area contributed by atoms with Crippen LogP contribution in [0.25, 0.3) is 0 Å². The molecule has 15 nitrogen and oxygen atoms in total. The molecule has 5 aliphatic rings. The summed E-state index contributed by atoms with van der Waals surface area (Å²) in [7, 11) is -4.13. The van der Waals surface area contributed by atoms with Gasteiger partial charge in [-0.15, -0.1) is 0 Å². The van der Waals surface area contributed by atoms with Gasteiger partial charge in [-0.2, -0.15) is 12.7 Å². The predicted octanol–water partition coefficient (Wildman–Crippen LogP) is 2.85. The van der Waals surface area contributed by atoms with E-state index in [1.54, 1.807) is 25.7 Å². The molecule has 4 heterocycles. The molecule has 3 N–H and O–H groups in total. The highest BCUT2D eigenvalue weighted by atomic mass is 32.2. The third kappa shape index (κ3) is 8.54. The van der Waals surface area contributed by atoms with Crippen molar-refractivity contribution in [2.45, 2.75) is 121 Å². The van der Waals surface area contributed by atoms with Gasteiger partial charge in [0.15, 0.2) is 0 Å². The Hall–Kier alpha value is -4.18. The van der Waals surface area contributed by atoms with Gasteiger partial charge >= 0.3 is 22.4 Å². The van der Waals surface area contributed by atoms with Gasteiger partial charge in [0.05, 0.1) is 6.54 Å². The number of benzene rings is 1. The third-order valence-electron chi connectivity index (χ3n) is 10.3. The van der Waals surface area contributed by atoms with E-state index in [9.17, 15) is 32.4 Å². The smallest absolute Gasteiger partial charge is 0.410 e. The van der Waals surface area contributed by atoms with Gasteiger partial charge in [0, 0.05) is 38.5 Å². The second-order valence-corrected chi connectivity index (χ2v) is 17.1. The van der Waals surface area contributed by atoms with Crippen molar-refractivity contribution in [2.24, 2.45) is 5.92 Å². The molecule has 284 valence electrons. The molecule has 5 amide bonds. The number of amides is 5. The fourth-order valence-electron chi connectivity index (χ4n) is 7.50. The van der Waals surface area contributed by atoms with Crippen molar-refractivity contribution in [3.8, 4) is 0 Å². The minimum atomic E-state index is -4.13. The van der Waals surface area contributed by atoms with Gasteiger partial charge < -0.3 is 25.0 Å². The largest absolute Gasteiger partial charge is 0.444 e. The molecule has 5 atom stereocenters. The van der Waals surface area contributed by atoms with Crippen molar-refractivity contribution in [1.82, 2.24) is 29.5 Å². The van der Waals surface area contributed by atoms with Crippen LogP contribution in [0.5, 0.6) is 0 Å². The summed E-state index contributed by atoms with van der Waals surface area (Å²) in [4.78, 5) is 71.5. The van der Waals surface area contributed by atoms with Crippen LogP contribution in [0.4, 0.5) is 9.59 Å². The molecule has 0 aromatic heterocycles. The van der Waals surface area contributed by atoms with Gasteiger partial charge in [-0.05, 0) is 70.4 Å². The SMILES string of the molecule is CC(C)(C)OC(=O)N[C@H]1CCCCC/C=C/[C@@H]2C[C@@]2(C(=O)NS(=O)(=O)N2CCCC2)NC(=O)[C@@H]2C[C@@H](OC(=O)N3Cc4ccccc4C3)CN2C1=O. The van der Waals surface area contributed by atoms with Crippen molar-refractivity contribution in [2.75, 3.05) is 19.6 Å². The molecular weight excluding hydrogens is 692 g/mol. The number of allylic oxidation sites excluding steroid dienone is 1. The molecule has 3 fully saturated rings. The quantitative estimate of drug-likeness (QED) is 0.382. The number of nitrogens with zero attached hydrogens (tertiary/aromatic N) is 3. The maximum atomic E-state index is 14.3. The molecule has 0 spiro atoms. The molecule has 1 aromatic rings. The summed E-state index contributed by atoms with van der Waals surface area (Å²) < 4.78 is 41.0. The molecule has 16 heteroatoms. The highest BCUT2D eigenvalue weighted by molar-refractivity contribution is 7.87. The number of alkyl carbamates (subject to hydrolysis) is 1. The van der Waals surface area contributed by atoms with E-state index in [1.165, 1.54) is 9.21 Å². The first-order valence-corrected chi connectivity index (χ1v) is 19.7. The second kappa shape index (κ2) is 15.0. The second-order valence-electron chi connectivity index (χ2n) is 15.5. The summed E-state index contributed by atoms with van der Waals surface area (Å²) in [6.07, 6.45) is 6.10. The van der Waals surface area contributed by atoms with Gasteiger partial charge in [-0.1, -0.05) is 49.3 Å². The zero-order valence-electron chi connectivity index (χ0n) is 30.1. The first kappa shape index (κ1) is 37.6. The maximum Gasteiger partial charge on any atom is 0.410 e. The van der Waals surface area contributed by atoms with Crippen LogP contribution in [0.2, 0.25) is 0 Å². The number of nitrogens with one attached hydrogen (secondary N) is 3. The summed E-state index contributed by atoms with van der Waals surface area (Å²) in [5.74, 6) is -2.54. The van der Waals surface area contributed by atoms with E-state index in [0.29, 0.717) is 51.9 Å². The van der Waals surface area contributed by atoms with Crippen molar-refractivity contribution in [3.05, 3.63) is 47.5 Å². The standard InChI is InChI=1S/C36H50N6O9S/c1-35(2,3)51-33(46)37-28-16-8-6-4-5-7-15-26-20-36(26,32(45)39-52(48,49)41-17-11-12-18-41)38-30(43)29-19-27(23-42(29)31(28)44)50-34(47)40-21-24-13-9-10-14-25(24)22-40/h7,9-10,13-15,26-29H,4-6,8,11-12,16-23H2,1-3H3,(H,37,46)(H,38,43)(H,39,45)/b15-7+/t26-,27-,28+,29+,36-/m1/s1. The Morgan fingerprint density at radius 2 is 1.67 bits per heavy atom. The molecule has 4 aliphatic heterocycles. The molecule has 0 bridgehead atoms. The number of fused-ring (bicyclic) bond motifs is 3. The lowest BCUT2D eigenvalue weighted by atomic mass is 10.0. The van der Waals surface area contributed by atoms with Crippen LogP contribution in [0.1, 0.15) is 89.7 Å². The minimum absolute atomic E-state index is 0.0620. The van der Waals surface area contributed by atoms with Crippen LogP contribution in [0, 0.1) is 5.92 Å². The van der Waals surface area contributed by atoms with Gasteiger partial charge in [0.1, 0.15) is 29.3 Å². The van der Waals surface area contributed by atoms with E-state index < -0.39 is 75.4 Å². The Labute approximate surface area is 305 Å². The highest BCUT2D eigenvalue weighted by Crippen LogP contribution is 2.46. The average Bonchev–Trinajstić information content (AvgIpc) is 3.53. The van der Waals surface area contributed by atoms with E-state index in [0.717, 1.165) is 24.0 Å². The average molecular weight is 743 g/mol. The minimum Gasteiger partial charge on any atom is -0.444 e. The molecule has 1 saturated carbocycles. The summed E-state index contributed by atoms with van der Waals surface area (Å²) in [5.41, 5.74) is -0.360. The Kier molecular flexibility index (Phi) is 10.9. The number of hydrogen-bond donors (Lipinski definition) is 3. The number of carbonyl (C=O) groups excluding carboxylic acids is 5. The summed E-state index contributed by atoms with van der Waals surface area (Å²) in [6.45, 7) is 6.34. The zero-order chi connectivity index (χ0) is 37.3. The Morgan fingerprint density at radius 3 is 2.35 bits per heavy atom. The van der Waals surface area contributed by atoms with Crippen LogP contribution in [-0.2, 0) is 47.2 Å². The fourth-order valence-corrected chi connectivity index (χ4v) is 8.78. The van der Waals surface area contributed by atoms with Crippen molar-refractivity contribution >= 4 is 40.1 Å². The Balaban J connectivity index is 1.25. The summed E-state index contributed by atoms with van der Waals surface area (Å²) in [6, 6.07) is 5.47. The van der Waals surface area contributed by atoms with Crippen LogP contribution in [-0.4, -0.2) is 101 Å². The van der Waals surface area contributed by atoms with E-state index in [2.05, 4.69) is 15.4 Å². The number of hydrogen-bond acceptors (Lipinski definition) is 9. The molecular formula is C36H50N6O9S. The van der Waals surface area contributed by atoms with Gasteiger partial charge in [0.2, 0.25) is 11.8 Å². The van der Waals surface area contributed by atoms with Crippen LogP contribution in [0.3, 0.4) is 0 Å². The lowest BCUT2D eigenvalue weighted by Gasteiger charge is -2.30. The fraction of sp³-hybridized carbons (Fsp3) is 0.639. The van der Waals surface area contributed by atoms with E-state index in [1.807, 2.05) is 36.4 Å². The van der Waals surface area contributed by atoms with Crippen molar-refractivity contribution in [1.29, 1.82) is 0 Å². The molecule has 0 radical (unpaired) electrons. The number of carbonyl (C=O) groups is 5. The van der Waals surface area contributed by atoms with E-state index >= 15 is 0 Å². The lowest BCUT2D eigenvalue weighted by Crippen LogP contribution is -2.59.